The Balaban J connectivity index is 2.06. The first-order chi connectivity index (χ1) is 10.3. The van der Waals surface area contributed by atoms with Gasteiger partial charge in [-0.15, -0.1) is 0 Å². The zero-order chi connectivity index (χ0) is 16.3. The Kier molecular flexibility index (Phi) is 4.77. The first-order valence-corrected chi connectivity index (χ1v) is 6.57. The highest BCUT2D eigenvalue weighted by atomic mass is 35.5. The van der Waals surface area contributed by atoms with Gasteiger partial charge in [-0.25, -0.2) is 4.98 Å². The Labute approximate surface area is 133 Å². The van der Waals surface area contributed by atoms with Crippen LogP contribution in [-0.2, 0) is 6.18 Å². The molecule has 1 heterocycles. The first-order valence-electron chi connectivity index (χ1n) is 5.82. The number of hydrogen-bond acceptors (Lipinski definition) is 3. The number of hydrogen-bond donors (Lipinski definition) is 2. The largest absolute Gasteiger partial charge is 0.416 e. The van der Waals surface area contributed by atoms with E-state index in [4.69, 9.17) is 23.2 Å². The summed E-state index contributed by atoms with van der Waals surface area (Å²) in [7, 11) is 0. The van der Waals surface area contributed by atoms with Crippen LogP contribution in [0.1, 0.15) is 15.9 Å². The van der Waals surface area contributed by atoms with E-state index >= 15 is 0 Å². The molecule has 0 unspecified atom stereocenters. The first kappa shape index (κ1) is 16.4. The molecular formula is C13H8Cl2F3N3O. The zero-order valence-electron chi connectivity index (χ0n) is 10.7. The summed E-state index contributed by atoms with van der Waals surface area (Å²) in [6.45, 7) is 0. The lowest BCUT2D eigenvalue weighted by Gasteiger charge is -2.11. The van der Waals surface area contributed by atoms with Gasteiger partial charge >= 0.3 is 6.18 Å². The van der Waals surface area contributed by atoms with Crippen molar-refractivity contribution >= 4 is 34.9 Å². The summed E-state index contributed by atoms with van der Waals surface area (Å²) >= 11 is 11.5. The van der Waals surface area contributed by atoms with Gasteiger partial charge in [0.2, 0.25) is 0 Å². The number of carbonyl (C=O) groups excluding carboxylic acids is 1. The van der Waals surface area contributed by atoms with Crippen molar-refractivity contribution in [3.05, 3.63) is 57.7 Å². The van der Waals surface area contributed by atoms with E-state index in [9.17, 15) is 18.0 Å². The summed E-state index contributed by atoms with van der Waals surface area (Å²) in [6.07, 6.45) is -3.51. The van der Waals surface area contributed by atoms with Crippen LogP contribution in [0.5, 0.6) is 0 Å². The molecule has 0 atom stereocenters. The molecule has 1 aromatic carbocycles. The van der Waals surface area contributed by atoms with E-state index in [-0.39, 0.29) is 21.4 Å². The number of halogens is 5. The predicted octanol–water partition coefficient (Wildman–Crippen LogP) is 4.16. The Morgan fingerprint density at radius 3 is 2.45 bits per heavy atom. The Bertz CT molecular complexity index is 707. The van der Waals surface area contributed by atoms with Gasteiger partial charge < -0.3 is 0 Å². The number of rotatable bonds is 3. The quantitative estimate of drug-likeness (QED) is 0.818. The van der Waals surface area contributed by atoms with Crippen LogP contribution in [0, 0.1) is 0 Å². The minimum absolute atomic E-state index is 0.150. The number of aromatic nitrogens is 1. The van der Waals surface area contributed by atoms with Gasteiger partial charge in [-0.05, 0) is 30.3 Å². The highest BCUT2D eigenvalue weighted by Gasteiger charge is 2.30. The van der Waals surface area contributed by atoms with Crippen LogP contribution in [0.25, 0.3) is 0 Å². The van der Waals surface area contributed by atoms with Crippen molar-refractivity contribution in [3.8, 4) is 0 Å². The minimum Gasteiger partial charge on any atom is -0.282 e. The average molecular weight is 350 g/mol. The normalized spacial score (nSPS) is 11.1. The van der Waals surface area contributed by atoms with Crippen LogP contribution in [0.2, 0.25) is 10.0 Å². The second-order valence-corrected chi connectivity index (χ2v) is 4.95. The van der Waals surface area contributed by atoms with Gasteiger partial charge in [0.1, 0.15) is 5.82 Å². The highest BCUT2D eigenvalue weighted by molar-refractivity contribution is 6.42. The van der Waals surface area contributed by atoms with Crippen LogP contribution in [-0.4, -0.2) is 10.9 Å². The molecule has 2 rings (SSSR count). The number of hydrazine groups is 1. The van der Waals surface area contributed by atoms with Crippen molar-refractivity contribution in [2.24, 2.45) is 0 Å². The Hall–Kier alpha value is -1.99. The fourth-order valence-electron chi connectivity index (χ4n) is 1.51. The van der Waals surface area contributed by atoms with Crippen LogP contribution in [0.15, 0.2) is 36.5 Å². The molecule has 1 amide bonds. The number of carbonyl (C=O) groups is 1. The summed E-state index contributed by atoms with van der Waals surface area (Å²) in [5.74, 6) is -0.749. The predicted molar refractivity (Wildman–Crippen MR) is 76.8 cm³/mol. The Morgan fingerprint density at radius 1 is 1.09 bits per heavy atom. The van der Waals surface area contributed by atoms with Crippen molar-refractivity contribution < 1.29 is 18.0 Å². The molecule has 0 bridgehead atoms. The van der Waals surface area contributed by atoms with E-state index in [1.807, 2.05) is 0 Å². The van der Waals surface area contributed by atoms with Gasteiger partial charge in [0.05, 0.1) is 15.6 Å². The van der Waals surface area contributed by atoms with Crippen LogP contribution in [0.3, 0.4) is 0 Å². The van der Waals surface area contributed by atoms with E-state index in [1.54, 1.807) is 0 Å². The number of anilines is 1. The molecule has 2 N–H and O–H groups in total. The van der Waals surface area contributed by atoms with Crippen molar-refractivity contribution in [1.82, 2.24) is 10.4 Å². The molecule has 2 aromatic rings. The van der Waals surface area contributed by atoms with Crippen molar-refractivity contribution in [3.63, 3.8) is 0 Å². The molecule has 0 spiro atoms. The summed E-state index contributed by atoms with van der Waals surface area (Å²) in [5.41, 5.74) is 3.83. The zero-order valence-corrected chi connectivity index (χ0v) is 12.2. The van der Waals surface area contributed by atoms with Gasteiger partial charge in [0.25, 0.3) is 5.91 Å². The van der Waals surface area contributed by atoms with Crippen LogP contribution in [0.4, 0.5) is 19.0 Å². The number of pyridine rings is 1. The average Bonchev–Trinajstić information content (AvgIpc) is 2.47. The lowest BCUT2D eigenvalue weighted by molar-refractivity contribution is -0.137. The second kappa shape index (κ2) is 6.41. The van der Waals surface area contributed by atoms with E-state index in [0.717, 1.165) is 18.3 Å². The smallest absolute Gasteiger partial charge is 0.282 e. The topological polar surface area (TPSA) is 54.0 Å². The third-order valence-corrected chi connectivity index (χ3v) is 3.31. The van der Waals surface area contributed by atoms with Crippen molar-refractivity contribution in [2.75, 3.05) is 5.43 Å². The fraction of sp³-hybridized carbons (Fsp3) is 0.0769. The molecule has 0 fully saturated rings. The van der Waals surface area contributed by atoms with Gasteiger partial charge in [-0.2, -0.15) is 13.2 Å². The van der Waals surface area contributed by atoms with E-state index < -0.39 is 17.6 Å². The summed E-state index contributed by atoms with van der Waals surface area (Å²) in [4.78, 5) is 15.5. The number of nitrogens with zero attached hydrogens (tertiary/aromatic N) is 1. The van der Waals surface area contributed by atoms with Gasteiger partial charge in [0, 0.05) is 11.8 Å². The third-order valence-electron chi connectivity index (χ3n) is 2.57. The second-order valence-electron chi connectivity index (χ2n) is 4.14. The fourth-order valence-corrected chi connectivity index (χ4v) is 1.80. The third kappa shape index (κ3) is 4.02. The maximum absolute atomic E-state index is 12.5. The molecule has 0 saturated carbocycles. The molecule has 116 valence electrons. The summed E-state index contributed by atoms with van der Waals surface area (Å²) < 4.78 is 37.6. The van der Waals surface area contributed by atoms with Gasteiger partial charge in [-0.1, -0.05) is 23.2 Å². The molecule has 0 aliphatic rings. The summed E-state index contributed by atoms with van der Waals surface area (Å²) in [5, 5.41) is 0.470. The molecule has 4 nitrogen and oxygen atoms in total. The van der Waals surface area contributed by atoms with E-state index in [0.29, 0.717) is 0 Å². The van der Waals surface area contributed by atoms with Gasteiger partial charge in [0.15, 0.2) is 0 Å². The lowest BCUT2D eigenvalue weighted by Crippen LogP contribution is -2.30. The molecule has 0 saturated heterocycles. The molecule has 0 aliphatic heterocycles. The van der Waals surface area contributed by atoms with Crippen LogP contribution >= 0.6 is 23.2 Å². The summed E-state index contributed by atoms with van der Waals surface area (Å²) in [6, 6.07) is 5.79. The molecule has 9 heteroatoms. The SMILES string of the molecule is O=C(NNc1cc(C(F)(F)F)ccn1)c1ccc(Cl)c(Cl)c1. The monoisotopic (exact) mass is 349 g/mol. The minimum atomic E-state index is -4.49. The van der Waals surface area contributed by atoms with Crippen molar-refractivity contribution in [1.29, 1.82) is 0 Å². The van der Waals surface area contributed by atoms with E-state index in [2.05, 4.69) is 15.8 Å². The van der Waals surface area contributed by atoms with E-state index in [1.165, 1.54) is 18.2 Å². The molecule has 22 heavy (non-hydrogen) atoms. The number of amides is 1. The number of nitrogens with one attached hydrogen (secondary N) is 2. The number of benzene rings is 1. The van der Waals surface area contributed by atoms with Crippen molar-refractivity contribution in [2.45, 2.75) is 6.18 Å². The standard InChI is InChI=1S/C13H8Cl2F3N3O/c14-9-2-1-7(5-10(9)15)12(22)21-20-11-6-8(3-4-19-11)13(16,17)18/h1-6H,(H,19,20)(H,21,22). The molecule has 0 aliphatic carbocycles. The van der Waals surface area contributed by atoms with Crippen LogP contribution < -0.4 is 10.9 Å². The number of alkyl halides is 3. The van der Waals surface area contributed by atoms with Gasteiger partial charge in [-0.3, -0.25) is 15.6 Å². The lowest BCUT2D eigenvalue weighted by atomic mass is 10.2. The maximum atomic E-state index is 12.5. The molecule has 1 aromatic heterocycles. The highest BCUT2D eigenvalue weighted by Crippen LogP contribution is 2.29. The molecular weight excluding hydrogens is 342 g/mol. The molecule has 0 radical (unpaired) electrons. The Morgan fingerprint density at radius 2 is 1.82 bits per heavy atom. The maximum Gasteiger partial charge on any atom is 0.416 e.